The van der Waals surface area contributed by atoms with Gasteiger partial charge in [-0.1, -0.05) is 25.1 Å². The highest BCUT2D eigenvalue weighted by Crippen LogP contribution is 2.27. The molecule has 2 heterocycles. The van der Waals surface area contributed by atoms with E-state index in [9.17, 15) is 4.79 Å². The zero-order chi connectivity index (χ0) is 12.6. The molecule has 1 unspecified atom stereocenters. The number of benzene rings is 1. The van der Waals surface area contributed by atoms with Gasteiger partial charge >= 0.3 is 0 Å². The van der Waals surface area contributed by atoms with Crippen LogP contribution in [0.1, 0.15) is 12.5 Å². The Morgan fingerprint density at radius 1 is 1.50 bits per heavy atom. The van der Waals surface area contributed by atoms with Crippen molar-refractivity contribution in [2.45, 2.75) is 19.4 Å². The van der Waals surface area contributed by atoms with Crippen LogP contribution in [0, 0.1) is 5.41 Å². The van der Waals surface area contributed by atoms with Crippen LogP contribution in [-0.4, -0.2) is 31.7 Å². The van der Waals surface area contributed by atoms with E-state index in [4.69, 9.17) is 4.74 Å². The molecule has 1 aromatic rings. The lowest BCUT2D eigenvalue weighted by molar-refractivity contribution is -0.127. The van der Waals surface area contributed by atoms with E-state index in [1.54, 1.807) is 0 Å². The summed E-state index contributed by atoms with van der Waals surface area (Å²) in [5.41, 5.74) is 2.42. The number of hydrogen-bond donors (Lipinski definition) is 2. The fourth-order valence-electron chi connectivity index (χ4n) is 2.43. The Bertz CT molecular complexity index is 444. The Labute approximate surface area is 107 Å². The Balaban J connectivity index is 1.56. The van der Waals surface area contributed by atoms with Crippen LogP contribution in [0.5, 0.6) is 0 Å². The fourth-order valence-corrected chi connectivity index (χ4v) is 2.43. The summed E-state index contributed by atoms with van der Waals surface area (Å²) >= 11 is 0. The van der Waals surface area contributed by atoms with E-state index >= 15 is 0 Å². The number of amides is 1. The summed E-state index contributed by atoms with van der Waals surface area (Å²) in [6, 6.07) is 7.94. The van der Waals surface area contributed by atoms with Crippen molar-refractivity contribution in [3.63, 3.8) is 0 Å². The number of fused-ring (bicyclic) bond motifs is 1. The van der Waals surface area contributed by atoms with Gasteiger partial charge in [-0.15, -0.1) is 0 Å². The molecule has 0 aliphatic carbocycles. The third-order valence-electron chi connectivity index (χ3n) is 3.68. The van der Waals surface area contributed by atoms with Crippen molar-refractivity contribution in [3.05, 3.63) is 29.8 Å². The molecule has 0 bridgehead atoms. The number of carbonyl (C=O) groups is 1. The zero-order valence-corrected chi connectivity index (χ0v) is 10.5. The van der Waals surface area contributed by atoms with Crippen LogP contribution in [0.25, 0.3) is 0 Å². The lowest BCUT2D eigenvalue weighted by Gasteiger charge is -2.38. The van der Waals surface area contributed by atoms with Gasteiger partial charge in [-0.2, -0.15) is 0 Å². The van der Waals surface area contributed by atoms with E-state index in [2.05, 4.69) is 23.6 Å². The molecule has 2 N–H and O–H groups in total. The van der Waals surface area contributed by atoms with E-state index in [1.807, 2.05) is 18.2 Å². The van der Waals surface area contributed by atoms with Crippen LogP contribution in [0.4, 0.5) is 5.69 Å². The molecule has 1 atom stereocenters. The molecule has 96 valence electrons. The molecule has 0 aromatic heterocycles. The van der Waals surface area contributed by atoms with Crippen molar-refractivity contribution < 1.29 is 9.53 Å². The number of carbonyl (C=O) groups excluding carboxylic acids is 1. The third-order valence-corrected chi connectivity index (χ3v) is 3.68. The Hall–Kier alpha value is -1.55. The molecule has 4 heteroatoms. The van der Waals surface area contributed by atoms with Crippen molar-refractivity contribution in [1.82, 2.24) is 5.32 Å². The maximum absolute atomic E-state index is 12.1. The Kier molecular flexibility index (Phi) is 2.74. The second-order valence-corrected chi connectivity index (χ2v) is 5.58. The monoisotopic (exact) mass is 246 g/mol. The topological polar surface area (TPSA) is 50.4 Å². The van der Waals surface area contributed by atoms with Crippen molar-refractivity contribution in [2.75, 3.05) is 25.1 Å². The SMILES string of the molecule is CC1(CNC(=O)C2Cc3ccccc3N2)COC1. The minimum atomic E-state index is -0.132. The third kappa shape index (κ3) is 2.08. The second kappa shape index (κ2) is 4.28. The van der Waals surface area contributed by atoms with Gasteiger partial charge in [0.15, 0.2) is 0 Å². The number of ether oxygens (including phenoxy) is 1. The van der Waals surface area contributed by atoms with E-state index in [1.165, 1.54) is 5.56 Å². The van der Waals surface area contributed by atoms with Gasteiger partial charge in [-0.05, 0) is 11.6 Å². The van der Waals surface area contributed by atoms with Gasteiger partial charge in [0.25, 0.3) is 0 Å². The summed E-state index contributed by atoms with van der Waals surface area (Å²) < 4.78 is 5.18. The molecule has 0 spiro atoms. The summed E-state index contributed by atoms with van der Waals surface area (Å²) in [6.45, 7) is 4.31. The maximum Gasteiger partial charge on any atom is 0.242 e. The largest absolute Gasteiger partial charge is 0.380 e. The molecular formula is C14H18N2O2. The van der Waals surface area contributed by atoms with E-state index in [0.717, 1.165) is 25.3 Å². The van der Waals surface area contributed by atoms with E-state index in [-0.39, 0.29) is 17.4 Å². The summed E-state index contributed by atoms with van der Waals surface area (Å²) in [4.78, 5) is 12.1. The van der Waals surface area contributed by atoms with Gasteiger partial charge in [0, 0.05) is 24.1 Å². The molecule has 4 nitrogen and oxygen atoms in total. The van der Waals surface area contributed by atoms with Gasteiger partial charge in [0.1, 0.15) is 6.04 Å². The lowest BCUT2D eigenvalue weighted by Crippen LogP contribution is -2.51. The average Bonchev–Trinajstić information content (AvgIpc) is 2.77. The van der Waals surface area contributed by atoms with E-state index < -0.39 is 0 Å². The smallest absolute Gasteiger partial charge is 0.242 e. The number of nitrogens with one attached hydrogen (secondary N) is 2. The molecule has 1 aromatic carbocycles. The summed E-state index contributed by atoms with van der Waals surface area (Å²) in [5.74, 6) is 0.0827. The summed E-state index contributed by atoms with van der Waals surface area (Å²) in [5, 5.41) is 6.28. The molecule has 1 saturated heterocycles. The Morgan fingerprint density at radius 3 is 2.94 bits per heavy atom. The summed E-state index contributed by atoms with van der Waals surface area (Å²) in [6.07, 6.45) is 0.773. The quantitative estimate of drug-likeness (QED) is 0.842. The minimum Gasteiger partial charge on any atom is -0.380 e. The lowest BCUT2D eigenvalue weighted by atomic mass is 9.88. The molecule has 2 aliphatic heterocycles. The van der Waals surface area contributed by atoms with E-state index in [0.29, 0.717) is 6.54 Å². The van der Waals surface area contributed by atoms with Gasteiger partial charge in [-0.25, -0.2) is 0 Å². The Morgan fingerprint density at radius 2 is 2.28 bits per heavy atom. The second-order valence-electron chi connectivity index (χ2n) is 5.58. The number of rotatable bonds is 3. The molecule has 18 heavy (non-hydrogen) atoms. The van der Waals surface area contributed by atoms with Crippen LogP contribution in [0.15, 0.2) is 24.3 Å². The first-order valence-corrected chi connectivity index (χ1v) is 6.36. The van der Waals surface area contributed by atoms with Crippen molar-refractivity contribution in [2.24, 2.45) is 5.41 Å². The van der Waals surface area contributed by atoms with Crippen molar-refractivity contribution in [3.8, 4) is 0 Å². The van der Waals surface area contributed by atoms with Crippen LogP contribution in [0.3, 0.4) is 0 Å². The van der Waals surface area contributed by atoms with Crippen molar-refractivity contribution in [1.29, 1.82) is 0 Å². The number of para-hydroxylation sites is 1. The fraction of sp³-hybridized carbons (Fsp3) is 0.500. The molecule has 1 fully saturated rings. The van der Waals surface area contributed by atoms with Gasteiger partial charge < -0.3 is 15.4 Å². The highest BCUT2D eigenvalue weighted by atomic mass is 16.5. The van der Waals surface area contributed by atoms with Gasteiger partial charge in [-0.3, -0.25) is 4.79 Å². The average molecular weight is 246 g/mol. The first-order valence-electron chi connectivity index (χ1n) is 6.36. The van der Waals surface area contributed by atoms with Gasteiger partial charge in [0.2, 0.25) is 5.91 Å². The molecule has 3 rings (SSSR count). The normalized spacial score (nSPS) is 23.7. The standard InChI is InChI=1S/C14H18N2O2/c1-14(8-18-9-14)7-15-13(17)12-6-10-4-2-3-5-11(10)16-12/h2-5,12,16H,6-9H2,1H3,(H,15,17). The van der Waals surface area contributed by atoms with Crippen LogP contribution < -0.4 is 10.6 Å². The number of hydrogen-bond acceptors (Lipinski definition) is 3. The maximum atomic E-state index is 12.1. The molecular weight excluding hydrogens is 228 g/mol. The number of anilines is 1. The van der Waals surface area contributed by atoms with Crippen LogP contribution >= 0.6 is 0 Å². The zero-order valence-electron chi connectivity index (χ0n) is 10.5. The van der Waals surface area contributed by atoms with Crippen LogP contribution in [-0.2, 0) is 16.0 Å². The first-order chi connectivity index (χ1) is 8.66. The predicted molar refractivity (Wildman–Crippen MR) is 69.5 cm³/mol. The molecule has 0 radical (unpaired) electrons. The summed E-state index contributed by atoms with van der Waals surface area (Å²) in [7, 11) is 0. The highest BCUT2D eigenvalue weighted by Gasteiger charge is 2.35. The van der Waals surface area contributed by atoms with Crippen LogP contribution in [0.2, 0.25) is 0 Å². The first kappa shape index (κ1) is 11.5. The molecule has 0 saturated carbocycles. The minimum absolute atomic E-state index is 0.0827. The molecule has 1 amide bonds. The highest BCUT2D eigenvalue weighted by molar-refractivity contribution is 5.87. The molecule has 2 aliphatic rings. The van der Waals surface area contributed by atoms with Crippen molar-refractivity contribution >= 4 is 11.6 Å². The predicted octanol–water partition coefficient (Wildman–Crippen LogP) is 1.18. The van der Waals surface area contributed by atoms with Gasteiger partial charge in [0.05, 0.1) is 13.2 Å².